The van der Waals surface area contributed by atoms with Crippen molar-refractivity contribution in [2.75, 3.05) is 5.32 Å². The monoisotopic (exact) mass is 437 g/mol. The van der Waals surface area contributed by atoms with Gasteiger partial charge in [0.15, 0.2) is 4.34 Å². The van der Waals surface area contributed by atoms with E-state index in [9.17, 15) is 4.79 Å². The molecule has 2 aromatic carbocycles. The van der Waals surface area contributed by atoms with Gasteiger partial charge in [0.2, 0.25) is 11.0 Å². The third-order valence-electron chi connectivity index (χ3n) is 3.91. The summed E-state index contributed by atoms with van der Waals surface area (Å²) in [5.74, 6) is 0.421. The summed E-state index contributed by atoms with van der Waals surface area (Å²) in [7, 11) is 0. The minimum Gasteiger partial charge on any atom is -0.300 e. The van der Waals surface area contributed by atoms with Crippen molar-refractivity contribution in [3.8, 4) is 0 Å². The average Bonchev–Trinajstić information content (AvgIpc) is 3.11. The Bertz CT molecular complexity index is 918. The highest BCUT2D eigenvalue weighted by Crippen LogP contribution is 2.31. The van der Waals surface area contributed by atoms with Gasteiger partial charge in [-0.1, -0.05) is 89.6 Å². The van der Waals surface area contributed by atoms with Gasteiger partial charge in [-0.15, -0.1) is 10.2 Å². The molecule has 1 heterocycles. The fourth-order valence-corrected chi connectivity index (χ4v) is 4.56. The molecule has 0 spiro atoms. The smallest absolute Gasteiger partial charge is 0.233 e. The van der Waals surface area contributed by atoms with E-state index in [0.717, 1.165) is 15.5 Å². The second-order valence-corrected chi connectivity index (χ2v) is 8.79. The summed E-state index contributed by atoms with van der Waals surface area (Å²) >= 11 is 14.9. The van der Waals surface area contributed by atoms with E-state index >= 15 is 0 Å². The first-order chi connectivity index (χ1) is 13.1. The number of rotatable bonds is 7. The van der Waals surface area contributed by atoms with E-state index in [4.69, 9.17) is 23.2 Å². The second-order valence-electron chi connectivity index (χ2n) is 5.77. The number of benzene rings is 2. The van der Waals surface area contributed by atoms with Crippen molar-refractivity contribution in [3.05, 3.63) is 69.7 Å². The predicted octanol–water partition coefficient (Wildman–Crippen LogP) is 6.27. The Morgan fingerprint density at radius 1 is 1.15 bits per heavy atom. The summed E-state index contributed by atoms with van der Waals surface area (Å²) in [6.07, 6.45) is 0.716. The van der Waals surface area contributed by atoms with Gasteiger partial charge in [0.05, 0.1) is 16.0 Å². The standard InChI is InChI=1S/C19H17Cl2N3OS2/c1-2-14(13-6-4-3-5-7-13)17(25)22-18-23-24-19(27-18)26-11-12-8-9-15(20)16(21)10-12/h3-10,14H,2,11H2,1H3,(H,22,23,25). The number of nitrogens with zero attached hydrogens (tertiary/aromatic N) is 2. The van der Waals surface area contributed by atoms with Gasteiger partial charge in [-0.25, -0.2) is 0 Å². The lowest BCUT2D eigenvalue weighted by Gasteiger charge is -2.13. The van der Waals surface area contributed by atoms with Gasteiger partial charge in [-0.05, 0) is 29.7 Å². The van der Waals surface area contributed by atoms with Gasteiger partial charge < -0.3 is 0 Å². The zero-order chi connectivity index (χ0) is 19.2. The van der Waals surface area contributed by atoms with Crippen LogP contribution in [0, 0.1) is 0 Å². The average molecular weight is 438 g/mol. The Morgan fingerprint density at radius 3 is 2.63 bits per heavy atom. The predicted molar refractivity (Wildman–Crippen MR) is 114 cm³/mol. The van der Waals surface area contributed by atoms with E-state index in [0.29, 0.717) is 27.4 Å². The topological polar surface area (TPSA) is 54.9 Å². The summed E-state index contributed by atoms with van der Waals surface area (Å²) in [6, 6.07) is 15.3. The van der Waals surface area contributed by atoms with Crippen LogP contribution in [0.25, 0.3) is 0 Å². The maximum atomic E-state index is 12.6. The molecule has 3 aromatic rings. The van der Waals surface area contributed by atoms with Crippen LogP contribution in [0.3, 0.4) is 0 Å². The third-order valence-corrected chi connectivity index (χ3v) is 6.69. The molecule has 0 fully saturated rings. The summed E-state index contributed by atoms with van der Waals surface area (Å²) < 4.78 is 0.782. The van der Waals surface area contributed by atoms with Gasteiger partial charge >= 0.3 is 0 Å². The molecule has 140 valence electrons. The van der Waals surface area contributed by atoms with Crippen molar-refractivity contribution >= 4 is 57.3 Å². The van der Waals surface area contributed by atoms with Crippen LogP contribution in [0.5, 0.6) is 0 Å². The van der Waals surface area contributed by atoms with E-state index in [1.807, 2.05) is 49.4 Å². The minimum atomic E-state index is -0.206. The first-order valence-corrected chi connectivity index (χ1v) is 10.9. The van der Waals surface area contributed by atoms with Crippen molar-refractivity contribution in [1.82, 2.24) is 10.2 Å². The fraction of sp³-hybridized carbons (Fsp3) is 0.211. The van der Waals surface area contributed by atoms with E-state index in [1.54, 1.807) is 6.07 Å². The van der Waals surface area contributed by atoms with Gasteiger partial charge in [-0.2, -0.15) is 0 Å². The highest BCUT2D eigenvalue weighted by atomic mass is 35.5. The van der Waals surface area contributed by atoms with Gasteiger partial charge in [-0.3, -0.25) is 10.1 Å². The normalized spacial score (nSPS) is 12.0. The maximum Gasteiger partial charge on any atom is 0.233 e. The van der Waals surface area contributed by atoms with Gasteiger partial charge in [0.1, 0.15) is 0 Å². The van der Waals surface area contributed by atoms with Crippen LogP contribution in [0.15, 0.2) is 52.9 Å². The molecule has 1 atom stereocenters. The summed E-state index contributed by atoms with van der Waals surface area (Å²) in [6.45, 7) is 2.00. The van der Waals surface area contributed by atoms with Crippen LogP contribution >= 0.6 is 46.3 Å². The van der Waals surface area contributed by atoms with Crippen LogP contribution in [0.4, 0.5) is 5.13 Å². The first kappa shape index (κ1) is 20.1. The van der Waals surface area contributed by atoms with Crippen LogP contribution in [0.1, 0.15) is 30.4 Å². The molecular formula is C19H17Cl2N3OS2. The zero-order valence-corrected chi connectivity index (χ0v) is 17.6. The molecule has 0 bridgehead atoms. The van der Waals surface area contributed by atoms with Crippen molar-refractivity contribution < 1.29 is 4.79 Å². The van der Waals surface area contributed by atoms with Crippen molar-refractivity contribution in [3.63, 3.8) is 0 Å². The van der Waals surface area contributed by atoms with Gasteiger partial charge in [0.25, 0.3) is 0 Å². The number of nitrogens with one attached hydrogen (secondary N) is 1. The molecule has 27 heavy (non-hydrogen) atoms. The Labute approximate surface area is 176 Å². The van der Waals surface area contributed by atoms with E-state index in [2.05, 4.69) is 15.5 Å². The lowest BCUT2D eigenvalue weighted by Crippen LogP contribution is -2.20. The zero-order valence-electron chi connectivity index (χ0n) is 14.5. The Hall–Kier alpha value is -1.60. The fourth-order valence-electron chi connectivity index (χ4n) is 2.54. The van der Waals surface area contributed by atoms with Crippen molar-refractivity contribution in [1.29, 1.82) is 0 Å². The summed E-state index contributed by atoms with van der Waals surface area (Å²) in [5, 5.41) is 12.7. The van der Waals surface area contributed by atoms with Gasteiger partial charge in [0, 0.05) is 5.75 Å². The van der Waals surface area contributed by atoms with E-state index < -0.39 is 0 Å². The highest BCUT2D eigenvalue weighted by Gasteiger charge is 2.20. The number of amides is 1. The molecule has 0 saturated heterocycles. The van der Waals surface area contributed by atoms with Crippen LogP contribution in [0.2, 0.25) is 10.0 Å². The molecule has 8 heteroatoms. The Balaban J connectivity index is 1.60. The number of halogens is 2. The molecule has 0 radical (unpaired) electrons. The largest absolute Gasteiger partial charge is 0.300 e. The van der Waals surface area contributed by atoms with E-state index in [1.165, 1.54) is 23.1 Å². The molecular weight excluding hydrogens is 421 g/mol. The number of hydrogen-bond acceptors (Lipinski definition) is 5. The summed E-state index contributed by atoms with van der Waals surface area (Å²) in [5.41, 5.74) is 2.04. The molecule has 0 aliphatic rings. The Kier molecular flexibility index (Phi) is 7.13. The molecule has 1 aromatic heterocycles. The number of carbonyl (C=O) groups is 1. The number of carbonyl (C=O) groups excluding carboxylic acids is 1. The molecule has 4 nitrogen and oxygen atoms in total. The molecule has 1 amide bonds. The number of hydrogen-bond donors (Lipinski definition) is 1. The minimum absolute atomic E-state index is 0.0686. The molecule has 0 aliphatic heterocycles. The number of anilines is 1. The third kappa shape index (κ3) is 5.45. The Morgan fingerprint density at radius 2 is 1.93 bits per heavy atom. The molecule has 0 aliphatic carbocycles. The molecule has 0 saturated carbocycles. The summed E-state index contributed by atoms with van der Waals surface area (Å²) in [4.78, 5) is 12.6. The lowest BCUT2D eigenvalue weighted by molar-refractivity contribution is -0.117. The number of thioether (sulfide) groups is 1. The maximum absolute atomic E-state index is 12.6. The van der Waals surface area contributed by atoms with Crippen LogP contribution < -0.4 is 5.32 Å². The van der Waals surface area contributed by atoms with Crippen LogP contribution in [-0.2, 0) is 10.5 Å². The van der Waals surface area contributed by atoms with Crippen molar-refractivity contribution in [2.45, 2.75) is 29.4 Å². The quantitative estimate of drug-likeness (QED) is 0.349. The molecule has 1 N–H and O–H groups in total. The molecule has 3 rings (SSSR count). The molecule has 1 unspecified atom stereocenters. The first-order valence-electron chi connectivity index (χ1n) is 8.33. The second kappa shape index (κ2) is 9.55. The van der Waals surface area contributed by atoms with E-state index in [-0.39, 0.29) is 11.8 Å². The van der Waals surface area contributed by atoms with Crippen molar-refractivity contribution in [2.24, 2.45) is 0 Å². The number of aromatic nitrogens is 2. The highest BCUT2D eigenvalue weighted by molar-refractivity contribution is 8.00. The van der Waals surface area contributed by atoms with Crippen LogP contribution in [-0.4, -0.2) is 16.1 Å². The lowest BCUT2D eigenvalue weighted by atomic mass is 9.96. The SMILES string of the molecule is CCC(C(=O)Nc1nnc(SCc2ccc(Cl)c(Cl)c2)s1)c1ccccc1.